The number of amides is 1. The zero-order valence-corrected chi connectivity index (χ0v) is 14.1. The van der Waals surface area contributed by atoms with Gasteiger partial charge in [0.05, 0.1) is 6.26 Å². The highest BCUT2D eigenvalue weighted by atomic mass is 35.5. The molecule has 0 aromatic heterocycles. The quantitative estimate of drug-likeness (QED) is 0.837. The first-order valence-electron chi connectivity index (χ1n) is 6.94. The molecule has 0 unspecified atom stereocenters. The van der Waals surface area contributed by atoms with E-state index in [4.69, 9.17) is 11.6 Å². The van der Waals surface area contributed by atoms with Gasteiger partial charge in [0.15, 0.2) is 0 Å². The van der Waals surface area contributed by atoms with Crippen LogP contribution in [0.2, 0.25) is 5.02 Å². The van der Waals surface area contributed by atoms with Crippen molar-refractivity contribution in [3.8, 4) is 0 Å². The van der Waals surface area contributed by atoms with Gasteiger partial charge in [0.1, 0.15) is 0 Å². The fourth-order valence-electron chi connectivity index (χ4n) is 2.01. The van der Waals surface area contributed by atoms with Gasteiger partial charge in [-0.25, -0.2) is 8.42 Å². The van der Waals surface area contributed by atoms with E-state index in [1.54, 1.807) is 30.3 Å². The minimum absolute atomic E-state index is 0.117. The normalized spacial score (nSPS) is 11.0. The fraction of sp³-hybridized carbons (Fsp3) is 0.188. The third kappa shape index (κ3) is 6.30. The van der Waals surface area contributed by atoms with Crippen LogP contribution < -0.4 is 10.0 Å². The lowest BCUT2D eigenvalue weighted by molar-refractivity contribution is -0.116. The van der Waals surface area contributed by atoms with Crippen molar-refractivity contribution in [1.29, 1.82) is 0 Å². The maximum Gasteiger partial charge on any atom is 0.229 e. The molecule has 23 heavy (non-hydrogen) atoms. The summed E-state index contributed by atoms with van der Waals surface area (Å²) < 4.78 is 24.6. The number of carbonyl (C=O) groups excluding carboxylic acids is 1. The van der Waals surface area contributed by atoms with Gasteiger partial charge >= 0.3 is 0 Å². The Morgan fingerprint density at radius 2 is 1.74 bits per heavy atom. The van der Waals surface area contributed by atoms with Gasteiger partial charge in [-0.05, 0) is 48.4 Å². The first kappa shape index (κ1) is 17.3. The number of nitrogens with one attached hydrogen (secondary N) is 2. The fourth-order valence-corrected chi connectivity index (χ4v) is 2.79. The number of hydrogen-bond donors (Lipinski definition) is 2. The number of carbonyl (C=O) groups is 1. The van der Waals surface area contributed by atoms with Crippen molar-refractivity contribution in [3.05, 3.63) is 59.1 Å². The lowest BCUT2D eigenvalue weighted by atomic mass is 10.1. The number of sulfonamides is 1. The molecular weight excluding hydrogens is 336 g/mol. The number of hydrogen-bond acceptors (Lipinski definition) is 3. The van der Waals surface area contributed by atoms with Crippen LogP contribution in [0.5, 0.6) is 0 Å². The summed E-state index contributed by atoms with van der Waals surface area (Å²) in [6, 6.07) is 13.9. The van der Waals surface area contributed by atoms with Crippen molar-refractivity contribution in [3.63, 3.8) is 0 Å². The van der Waals surface area contributed by atoms with Crippen LogP contribution >= 0.6 is 11.6 Å². The van der Waals surface area contributed by atoms with Gasteiger partial charge in [-0.1, -0.05) is 23.7 Å². The molecule has 1 amide bonds. The van der Waals surface area contributed by atoms with Gasteiger partial charge in [-0.15, -0.1) is 0 Å². The van der Waals surface area contributed by atoms with E-state index < -0.39 is 10.0 Å². The van der Waals surface area contributed by atoms with E-state index in [2.05, 4.69) is 10.0 Å². The van der Waals surface area contributed by atoms with E-state index in [1.807, 2.05) is 18.2 Å². The molecule has 0 heterocycles. The minimum atomic E-state index is -3.30. The molecule has 2 aromatic carbocycles. The predicted octanol–water partition coefficient (Wildman–Crippen LogP) is 3.28. The van der Waals surface area contributed by atoms with Crippen molar-refractivity contribution >= 4 is 38.9 Å². The molecule has 0 radical (unpaired) electrons. The Balaban J connectivity index is 1.87. The smallest absolute Gasteiger partial charge is 0.229 e. The second kappa shape index (κ2) is 7.48. The number of benzene rings is 2. The zero-order chi connectivity index (χ0) is 16.9. The SMILES string of the molecule is CS(=O)(=O)Nc1ccc(NC(=O)CCc2cccc(Cl)c2)cc1. The summed E-state index contributed by atoms with van der Waals surface area (Å²) in [7, 11) is -3.30. The van der Waals surface area contributed by atoms with Crippen molar-refractivity contribution < 1.29 is 13.2 Å². The van der Waals surface area contributed by atoms with E-state index in [0.717, 1.165) is 11.8 Å². The average molecular weight is 353 g/mol. The lowest BCUT2D eigenvalue weighted by Crippen LogP contribution is -2.13. The highest BCUT2D eigenvalue weighted by molar-refractivity contribution is 7.92. The molecule has 0 saturated carbocycles. The van der Waals surface area contributed by atoms with Gasteiger partial charge in [0.25, 0.3) is 0 Å². The Hall–Kier alpha value is -2.05. The van der Waals surface area contributed by atoms with E-state index in [0.29, 0.717) is 29.2 Å². The third-order valence-electron chi connectivity index (χ3n) is 3.00. The Morgan fingerprint density at radius 3 is 2.35 bits per heavy atom. The van der Waals surface area contributed by atoms with Gasteiger partial charge in [-0.3, -0.25) is 9.52 Å². The first-order chi connectivity index (χ1) is 10.8. The maximum absolute atomic E-state index is 11.9. The maximum atomic E-state index is 11.9. The molecule has 7 heteroatoms. The van der Waals surface area contributed by atoms with Gasteiger partial charge in [0, 0.05) is 22.8 Å². The van der Waals surface area contributed by atoms with Crippen molar-refractivity contribution in [2.75, 3.05) is 16.3 Å². The van der Waals surface area contributed by atoms with Crippen molar-refractivity contribution in [1.82, 2.24) is 0 Å². The molecule has 2 rings (SSSR count). The summed E-state index contributed by atoms with van der Waals surface area (Å²) in [5, 5.41) is 3.42. The number of halogens is 1. The van der Waals surface area contributed by atoms with Crippen LogP contribution in [-0.2, 0) is 21.2 Å². The molecule has 0 bridgehead atoms. The molecule has 0 atom stereocenters. The first-order valence-corrected chi connectivity index (χ1v) is 9.21. The molecule has 0 aliphatic carbocycles. The van der Waals surface area contributed by atoms with Crippen molar-refractivity contribution in [2.24, 2.45) is 0 Å². The van der Waals surface area contributed by atoms with Crippen LogP contribution in [0, 0.1) is 0 Å². The second-order valence-corrected chi connectivity index (χ2v) is 7.31. The standard InChI is InChI=1S/C16H17ClN2O3S/c1-23(21,22)19-15-8-6-14(7-9-15)18-16(20)10-5-12-3-2-4-13(17)11-12/h2-4,6-9,11,19H,5,10H2,1H3,(H,18,20). The van der Waals surface area contributed by atoms with Crippen LogP contribution in [0.15, 0.2) is 48.5 Å². The molecule has 0 aliphatic rings. The Kier molecular flexibility index (Phi) is 5.63. The van der Waals surface area contributed by atoms with Crippen LogP contribution in [0.4, 0.5) is 11.4 Å². The van der Waals surface area contributed by atoms with E-state index in [9.17, 15) is 13.2 Å². The summed E-state index contributed by atoms with van der Waals surface area (Å²) in [6.07, 6.45) is 2.02. The molecule has 0 fully saturated rings. The van der Waals surface area contributed by atoms with Gasteiger partial charge < -0.3 is 5.32 Å². The molecule has 0 aliphatic heterocycles. The molecule has 2 N–H and O–H groups in total. The van der Waals surface area contributed by atoms with Crippen LogP contribution in [0.3, 0.4) is 0 Å². The summed E-state index contributed by atoms with van der Waals surface area (Å²) >= 11 is 5.90. The summed E-state index contributed by atoms with van der Waals surface area (Å²) in [6.45, 7) is 0. The Labute approximate surface area is 140 Å². The largest absolute Gasteiger partial charge is 0.326 e. The Bertz CT molecular complexity index is 789. The molecule has 0 saturated heterocycles. The van der Waals surface area contributed by atoms with Gasteiger partial charge in [0.2, 0.25) is 15.9 Å². The highest BCUT2D eigenvalue weighted by Gasteiger charge is 2.05. The molecular formula is C16H17ClN2O3S. The van der Waals surface area contributed by atoms with Crippen molar-refractivity contribution in [2.45, 2.75) is 12.8 Å². The zero-order valence-electron chi connectivity index (χ0n) is 12.5. The summed E-state index contributed by atoms with van der Waals surface area (Å²) in [5.41, 5.74) is 2.06. The third-order valence-corrected chi connectivity index (χ3v) is 3.84. The molecule has 2 aromatic rings. The van der Waals surface area contributed by atoms with E-state index in [-0.39, 0.29) is 5.91 Å². The summed E-state index contributed by atoms with van der Waals surface area (Å²) in [5.74, 6) is -0.117. The van der Waals surface area contributed by atoms with Crippen LogP contribution in [0.1, 0.15) is 12.0 Å². The van der Waals surface area contributed by atoms with Crippen LogP contribution in [0.25, 0.3) is 0 Å². The second-order valence-electron chi connectivity index (χ2n) is 5.13. The number of aryl methyl sites for hydroxylation is 1. The molecule has 0 spiro atoms. The highest BCUT2D eigenvalue weighted by Crippen LogP contribution is 2.16. The number of anilines is 2. The lowest BCUT2D eigenvalue weighted by Gasteiger charge is -2.08. The van der Waals surface area contributed by atoms with E-state index in [1.165, 1.54) is 0 Å². The topological polar surface area (TPSA) is 75.3 Å². The molecule has 5 nitrogen and oxygen atoms in total. The Morgan fingerprint density at radius 1 is 1.09 bits per heavy atom. The van der Waals surface area contributed by atoms with Crippen LogP contribution in [-0.4, -0.2) is 20.6 Å². The molecule has 122 valence electrons. The number of rotatable bonds is 6. The minimum Gasteiger partial charge on any atom is -0.326 e. The van der Waals surface area contributed by atoms with Gasteiger partial charge in [-0.2, -0.15) is 0 Å². The monoisotopic (exact) mass is 352 g/mol. The average Bonchev–Trinajstić information content (AvgIpc) is 2.46. The van der Waals surface area contributed by atoms with E-state index >= 15 is 0 Å². The summed E-state index contributed by atoms with van der Waals surface area (Å²) in [4.78, 5) is 11.9. The predicted molar refractivity (Wildman–Crippen MR) is 93.3 cm³/mol.